The first-order chi connectivity index (χ1) is 9.96. The van der Waals surface area contributed by atoms with Crippen molar-refractivity contribution in [3.8, 4) is 11.5 Å². The average Bonchev–Trinajstić information content (AvgIpc) is 2.42. The molecule has 0 aliphatic carbocycles. The highest BCUT2D eigenvalue weighted by Crippen LogP contribution is 2.26. The molecule has 0 atom stereocenters. The van der Waals surface area contributed by atoms with Crippen LogP contribution in [0.2, 0.25) is 0 Å². The van der Waals surface area contributed by atoms with Crippen LogP contribution in [-0.2, 0) is 6.54 Å². The number of ether oxygens (including phenoxy) is 2. The first-order valence-electron chi connectivity index (χ1n) is 7.06. The van der Waals surface area contributed by atoms with E-state index in [1.165, 1.54) is 0 Å². The SMILES string of the molecule is CCCOc1ccc(CNC)c(OCCCC(F)(F)F)c1. The van der Waals surface area contributed by atoms with Crippen LogP contribution in [0.5, 0.6) is 11.5 Å². The zero-order valence-electron chi connectivity index (χ0n) is 12.4. The standard InChI is InChI=1S/C15H22F3NO2/c1-3-8-20-13-6-5-12(11-19-2)14(10-13)21-9-4-7-15(16,17)18/h5-6,10,19H,3-4,7-9,11H2,1-2H3. The maximum atomic E-state index is 12.1. The first-order valence-corrected chi connectivity index (χ1v) is 7.06. The molecular formula is C15H22F3NO2. The van der Waals surface area contributed by atoms with Crippen molar-refractivity contribution in [1.29, 1.82) is 0 Å². The molecule has 120 valence electrons. The summed E-state index contributed by atoms with van der Waals surface area (Å²) >= 11 is 0. The van der Waals surface area contributed by atoms with E-state index in [0.29, 0.717) is 24.7 Å². The number of halogens is 3. The van der Waals surface area contributed by atoms with Gasteiger partial charge in [-0.1, -0.05) is 13.0 Å². The molecular weight excluding hydrogens is 283 g/mol. The zero-order valence-corrected chi connectivity index (χ0v) is 12.4. The molecule has 3 nitrogen and oxygen atoms in total. The van der Waals surface area contributed by atoms with Gasteiger partial charge < -0.3 is 14.8 Å². The minimum atomic E-state index is -4.14. The third-order valence-electron chi connectivity index (χ3n) is 2.74. The van der Waals surface area contributed by atoms with E-state index in [1.807, 2.05) is 19.1 Å². The Kier molecular flexibility index (Phi) is 7.36. The molecule has 0 aliphatic heterocycles. The van der Waals surface area contributed by atoms with Gasteiger partial charge in [0, 0.05) is 24.6 Å². The summed E-state index contributed by atoms with van der Waals surface area (Å²) in [7, 11) is 1.80. The molecule has 0 fully saturated rings. The van der Waals surface area contributed by atoms with Gasteiger partial charge >= 0.3 is 6.18 Å². The molecule has 1 N–H and O–H groups in total. The van der Waals surface area contributed by atoms with Crippen LogP contribution in [0.25, 0.3) is 0 Å². The summed E-state index contributed by atoms with van der Waals surface area (Å²) in [6.07, 6.45) is -4.13. The van der Waals surface area contributed by atoms with Gasteiger partial charge in [-0.3, -0.25) is 0 Å². The normalized spacial score (nSPS) is 11.5. The number of hydrogen-bond acceptors (Lipinski definition) is 3. The lowest BCUT2D eigenvalue weighted by Gasteiger charge is -2.14. The quantitative estimate of drug-likeness (QED) is 0.702. The van der Waals surface area contributed by atoms with Crippen molar-refractivity contribution in [1.82, 2.24) is 5.32 Å². The summed E-state index contributed by atoms with van der Waals surface area (Å²) < 4.78 is 47.3. The number of nitrogens with one attached hydrogen (secondary N) is 1. The largest absolute Gasteiger partial charge is 0.493 e. The van der Waals surface area contributed by atoms with E-state index < -0.39 is 12.6 Å². The Bertz CT molecular complexity index is 422. The van der Waals surface area contributed by atoms with Gasteiger partial charge in [0.05, 0.1) is 13.2 Å². The smallest absolute Gasteiger partial charge is 0.389 e. The Morgan fingerprint density at radius 3 is 2.52 bits per heavy atom. The Labute approximate surface area is 123 Å². The Morgan fingerprint density at radius 1 is 1.14 bits per heavy atom. The van der Waals surface area contributed by atoms with Crippen LogP contribution in [-0.4, -0.2) is 26.4 Å². The van der Waals surface area contributed by atoms with Crippen molar-refractivity contribution in [2.24, 2.45) is 0 Å². The fourth-order valence-electron chi connectivity index (χ4n) is 1.77. The predicted molar refractivity (Wildman–Crippen MR) is 75.8 cm³/mol. The van der Waals surface area contributed by atoms with Crippen LogP contribution in [0.3, 0.4) is 0 Å². The number of alkyl halides is 3. The van der Waals surface area contributed by atoms with Crippen molar-refractivity contribution < 1.29 is 22.6 Å². The fraction of sp³-hybridized carbons (Fsp3) is 0.600. The molecule has 6 heteroatoms. The Balaban J connectivity index is 2.62. The first kappa shape index (κ1) is 17.6. The summed E-state index contributed by atoms with van der Waals surface area (Å²) in [6, 6.07) is 5.43. The second-order valence-corrected chi connectivity index (χ2v) is 4.72. The molecule has 0 aliphatic rings. The maximum Gasteiger partial charge on any atom is 0.389 e. The molecule has 0 radical (unpaired) electrons. The molecule has 1 rings (SSSR count). The van der Waals surface area contributed by atoms with Gasteiger partial charge in [-0.2, -0.15) is 13.2 Å². The van der Waals surface area contributed by atoms with Crippen molar-refractivity contribution in [2.75, 3.05) is 20.3 Å². The molecule has 0 heterocycles. The van der Waals surface area contributed by atoms with Gasteiger partial charge in [-0.05, 0) is 26.0 Å². The highest BCUT2D eigenvalue weighted by Gasteiger charge is 2.26. The summed E-state index contributed by atoms with van der Waals surface area (Å²) in [4.78, 5) is 0. The molecule has 0 saturated carbocycles. The van der Waals surface area contributed by atoms with Crippen molar-refractivity contribution >= 4 is 0 Å². The second-order valence-electron chi connectivity index (χ2n) is 4.72. The molecule has 0 spiro atoms. The summed E-state index contributed by atoms with van der Waals surface area (Å²) in [5.41, 5.74) is 0.897. The topological polar surface area (TPSA) is 30.5 Å². The van der Waals surface area contributed by atoms with Crippen LogP contribution >= 0.6 is 0 Å². The van der Waals surface area contributed by atoms with E-state index >= 15 is 0 Å². The molecule has 0 saturated heterocycles. The molecule has 0 unspecified atom stereocenters. The minimum Gasteiger partial charge on any atom is -0.493 e. The van der Waals surface area contributed by atoms with Crippen LogP contribution < -0.4 is 14.8 Å². The minimum absolute atomic E-state index is 0.0352. The lowest BCUT2D eigenvalue weighted by molar-refractivity contribution is -0.136. The van der Waals surface area contributed by atoms with Crippen molar-refractivity contribution in [3.05, 3.63) is 23.8 Å². The van der Waals surface area contributed by atoms with Gasteiger partial charge in [0.1, 0.15) is 11.5 Å². The van der Waals surface area contributed by atoms with Crippen LogP contribution in [0.1, 0.15) is 31.7 Å². The van der Waals surface area contributed by atoms with E-state index in [4.69, 9.17) is 9.47 Å². The fourth-order valence-corrected chi connectivity index (χ4v) is 1.77. The van der Waals surface area contributed by atoms with E-state index in [1.54, 1.807) is 13.1 Å². The van der Waals surface area contributed by atoms with E-state index in [0.717, 1.165) is 12.0 Å². The van der Waals surface area contributed by atoms with Gasteiger partial charge in [0.2, 0.25) is 0 Å². The van der Waals surface area contributed by atoms with Gasteiger partial charge in [0.25, 0.3) is 0 Å². The summed E-state index contributed by atoms with van der Waals surface area (Å²) in [5, 5.41) is 3.00. The number of benzene rings is 1. The van der Waals surface area contributed by atoms with Gasteiger partial charge in [0.15, 0.2) is 0 Å². The molecule has 21 heavy (non-hydrogen) atoms. The molecule has 1 aromatic carbocycles. The summed E-state index contributed by atoms with van der Waals surface area (Å²) in [5.74, 6) is 1.24. The molecule has 1 aromatic rings. The summed E-state index contributed by atoms with van der Waals surface area (Å²) in [6.45, 7) is 3.22. The number of hydrogen-bond donors (Lipinski definition) is 1. The lowest BCUT2D eigenvalue weighted by atomic mass is 10.2. The van der Waals surface area contributed by atoms with Crippen molar-refractivity contribution in [2.45, 2.75) is 38.9 Å². The van der Waals surface area contributed by atoms with E-state index in [2.05, 4.69) is 5.32 Å². The molecule has 0 bridgehead atoms. The van der Waals surface area contributed by atoms with E-state index in [9.17, 15) is 13.2 Å². The highest BCUT2D eigenvalue weighted by molar-refractivity contribution is 5.40. The zero-order chi connectivity index (χ0) is 15.7. The average molecular weight is 305 g/mol. The van der Waals surface area contributed by atoms with E-state index in [-0.39, 0.29) is 13.0 Å². The van der Waals surface area contributed by atoms with Crippen LogP contribution in [0.15, 0.2) is 18.2 Å². The monoisotopic (exact) mass is 305 g/mol. The third-order valence-corrected chi connectivity index (χ3v) is 2.74. The highest BCUT2D eigenvalue weighted by atomic mass is 19.4. The van der Waals surface area contributed by atoms with Gasteiger partial charge in [-0.25, -0.2) is 0 Å². The maximum absolute atomic E-state index is 12.1. The molecule has 0 aromatic heterocycles. The molecule has 0 amide bonds. The van der Waals surface area contributed by atoms with Crippen LogP contribution in [0.4, 0.5) is 13.2 Å². The van der Waals surface area contributed by atoms with Crippen LogP contribution in [0, 0.1) is 0 Å². The van der Waals surface area contributed by atoms with Crippen molar-refractivity contribution in [3.63, 3.8) is 0 Å². The lowest BCUT2D eigenvalue weighted by Crippen LogP contribution is -2.11. The second kappa shape index (κ2) is 8.77. The number of rotatable bonds is 9. The Morgan fingerprint density at radius 2 is 1.90 bits per heavy atom. The predicted octanol–water partition coefficient (Wildman–Crippen LogP) is 3.92. The van der Waals surface area contributed by atoms with Gasteiger partial charge in [-0.15, -0.1) is 0 Å². The third kappa shape index (κ3) is 7.22. The Hall–Kier alpha value is -1.43.